The Morgan fingerprint density at radius 2 is 2.05 bits per heavy atom. The maximum absolute atomic E-state index is 14.4. The third-order valence-corrected chi connectivity index (χ3v) is 9.00. The molecule has 0 spiro atoms. The number of halogens is 3. The molecule has 5 aromatic rings. The molecular weight excluding hydrogens is 573 g/mol. The number of carbonyl (C=O) groups is 1. The summed E-state index contributed by atoms with van der Waals surface area (Å²) in [6.07, 6.45) is -1.82. The molecular formula is C28H25F3N6O2S2. The van der Waals surface area contributed by atoms with Crippen LogP contribution in [-0.4, -0.2) is 55.0 Å². The molecule has 1 saturated heterocycles. The summed E-state index contributed by atoms with van der Waals surface area (Å²) in [6, 6.07) is 12.1. The van der Waals surface area contributed by atoms with Crippen LogP contribution >= 0.6 is 22.7 Å². The molecule has 2 N–H and O–H groups in total. The predicted octanol–water partition coefficient (Wildman–Crippen LogP) is 6.82. The fourth-order valence-corrected chi connectivity index (χ4v) is 6.81. The number of hydrazone groups is 1. The molecule has 1 atom stereocenters. The topological polar surface area (TPSA) is 95.6 Å². The molecule has 0 unspecified atom stereocenters. The molecule has 1 fully saturated rings. The molecule has 6 rings (SSSR count). The van der Waals surface area contributed by atoms with Gasteiger partial charge in [-0.3, -0.25) is 15.1 Å². The van der Waals surface area contributed by atoms with E-state index in [1.54, 1.807) is 22.8 Å². The molecule has 1 aliphatic rings. The van der Waals surface area contributed by atoms with Crippen LogP contribution in [0.1, 0.15) is 31.0 Å². The fourth-order valence-electron chi connectivity index (χ4n) is 5.20. The van der Waals surface area contributed by atoms with Gasteiger partial charge in [0.05, 0.1) is 15.9 Å². The lowest BCUT2D eigenvalue weighted by molar-refractivity contribution is -0.142. The van der Waals surface area contributed by atoms with E-state index in [1.165, 1.54) is 28.9 Å². The van der Waals surface area contributed by atoms with E-state index in [0.717, 1.165) is 16.8 Å². The quantitative estimate of drug-likeness (QED) is 0.150. The molecule has 41 heavy (non-hydrogen) atoms. The zero-order chi connectivity index (χ0) is 28.7. The number of carboxylic acid groups (broad SMARTS) is 1. The molecule has 0 amide bonds. The summed E-state index contributed by atoms with van der Waals surface area (Å²) in [5.74, 6) is -0.837. The van der Waals surface area contributed by atoms with E-state index in [2.05, 4.69) is 15.5 Å². The van der Waals surface area contributed by atoms with Gasteiger partial charge >= 0.3 is 12.1 Å². The van der Waals surface area contributed by atoms with E-state index in [0.29, 0.717) is 53.0 Å². The summed E-state index contributed by atoms with van der Waals surface area (Å²) in [4.78, 5) is 22.5. The highest BCUT2D eigenvalue weighted by molar-refractivity contribution is 7.22. The van der Waals surface area contributed by atoms with Crippen molar-refractivity contribution in [3.8, 4) is 10.6 Å². The van der Waals surface area contributed by atoms with E-state index in [9.17, 15) is 23.1 Å². The van der Waals surface area contributed by atoms with Gasteiger partial charge in [-0.25, -0.2) is 9.97 Å². The van der Waals surface area contributed by atoms with Crippen molar-refractivity contribution < 1.29 is 23.1 Å². The van der Waals surface area contributed by atoms with Crippen molar-refractivity contribution in [2.45, 2.75) is 45.1 Å². The Bertz CT molecular complexity index is 1740. The zero-order valence-corrected chi connectivity index (χ0v) is 23.5. The number of carboxylic acids is 1. The van der Waals surface area contributed by atoms with Gasteiger partial charge in [0.1, 0.15) is 11.0 Å². The maximum atomic E-state index is 14.4. The largest absolute Gasteiger partial charge is 0.480 e. The van der Waals surface area contributed by atoms with Crippen molar-refractivity contribution in [3.63, 3.8) is 0 Å². The first-order chi connectivity index (χ1) is 19.7. The number of aryl methyl sites for hydroxylation is 1. The molecule has 8 nitrogen and oxygen atoms in total. The van der Waals surface area contributed by atoms with Crippen molar-refractivity contribution in [1.29, 1.82) is 0 Å². The fraction of sp³-hybridized carbons (Fsp3) is 0.286. The minimum atomic E-state index is -4.72. The van der Waals surface area contributed by atoms with Crippen LogP contribution in [0.15, 0.2) is 59.1 Å². The summed E-state index contributed by atoms with van der Waals surface area (Å²) < 4.78 is 45.8. The number of aliphatic carboxylic acids is 1. The van der Waals surface area contributed by atoms with E-state index in [4.69, 9.17) is 4.98 Å². The molecule has 2 aromatic carbocycles. The van der Waals surface area contributed by atoms with E-state index in [1.807, 2.05) is 41.5 Å². The first-order valence-electron chi connectivity index (χ1n) is 13.0. The smallest absolute Gasteiger partial charge is 0.435 e. The van der Waals surface area contributed by atoms with E-state index >= 15 is 0 Å². The van der Waals surface area contributed by atoms with Crippen LogP contribution < -0.4 is 5.43 Å². The Kier molecular flexibility index (Phi) is 7.26. The number of aromatic nitrogens is 3. The van der Waals surface area contributed by atoms with Crippen LogP contribution in [0.4, 0.5) is 18.3 Å². The first-order valence-corrected chi connectivity index (χ1v) is 14.7. The third-order valence-electron chi connectivity index (χ3n) is 7.12. The second kappa shape index (κ2) is 10.9. The van der Waals surface area contributed by atoms with Crippen LogP contribution in [0.25, 0.3) is 31.7 Å². The Labute approximate surface area is 240 Å². The molecule has 13 heteroatoms. The minimum Gasteiger partial charge on any atom is -0.480 e. The first kappa shape index (κ1) is 27.4. The summed E-state index contributed by atoms with van der Waals surface area (Å²) in [7, 11) is 0. The van der Waals surface area contributed by atoms with Gasteiger partial charge in [-0.15, -0.1) is 11.3 Å². The van der Waals surface area contributed by atoms with Crippen LogP contribution in [0.2, 0.25) is 0 Å². The zero-order valence-electron chi connectivity index (χ0n) is 21.9. The lowest BCUT2D eigenvalue weighted by Gasteiger charge is -2.19. The van der Waals surface area contributed by atoms with Gasteiger partial charge in [-0.1, -0.05) is 23.5 Å². The number of benzene rings is 2. The van der Waals surface area contributed by atoms with E-state index < -0.39 is 23.9 Å². The van der Waals surface area contributed by atoms with Crippen LogP contribution in [0.3, 0.4) is 0 Å². The normalized spacial score (nSPS) is 16.7. The van der Waals surface area contributed by atoms with Crippen LogP contribution in [-0.2, 0) is 17.9 Å². The van der Waals surface area contributed by atoms with Crippen molar-refractivity contribution in [2.24, 2.45) is 5.10 Å². The maximum Gasteiger partial charge on any atom is 0.435 e. The van der Waals surface area contributed by atoms with Crippen molar-refractivity contribution >= 4 is 60.6 Å². The number of rotatable bonds is 8. The number of nitrogens with zero attached hydrogens (tertiary/aromatic N) is 5. The summed E-state index contributed by atoms with van der Waals surface area (Å²) in [5, 5.41) is 16.5. The standard InChI is InChI=1S/C28H25F3N6O2S2/c1-2-36-14-19(24(28(29,30)31)34-35-27-33-20-6-3-4-8-23(20)41-27)18-12-16(9-10-21(18)36)25-32-17(15-40-25)13-37-11-5-7-22(37)26(38)39/h3-4,6,8-10,12,14-15,22H,2,5,7,11,13H2,1H3,(H,33,35)(H,38,39)/b34-24-/t22-/m0/s1. The molecule has 1 aliphatic heterocycles. The van der Waals surface area contributed by atoms with Crippen molar-refractivity contribution in [2.75, 3.05) is 12.0 Å². The molecule has 0 aliphatic carbocycles. The van der Waals surface area contributed by atoms with Gasteiger partial charge in [0.2, 0.25) is 5.13 Å². The Morgan fingerprint density at radius 1 is 1.22 bits per heavy atom. The molecule has 0 radical (unpaired) electrons. The van der Waals surface area contributed by atoms with Gasteiger partial charge in [0, 0.05) is 46.7 Å². The minimum absolute atomic E-state index is 0.0389. The lowest BCUT2D eigenvalue weighted by Crippen LogP contribution is -2.35. The van der Waals surface area contributed by atoms with Crippen molar-refractivity contribution in [1.82, 2.24) is 19.4 Å². The number of thiazole rings is 2. The number of alkyl halides is 3. The lowest BCUT2D eigenvalue weighted by atomic mass is 10.1. The number of likely N-dealkylation sites (tertiary alicyclic amines) is 1. The Morgan fingerprint density at radius 3 is 2.80 bits per heavy atom. The number of hydrogen-bond acceptors (Lipinski definition) is 8. The molecule has 0 bridgehead atoms. The SMILES string of the molecule is CCn1cc(/C(=N/Nc2nc3ccccc3s2)C(F)(F)F)c2cc(-c3nc(CN4CCC[C@H]4C(=O)O)cs3)ccc21. The van der Waals surface area contributed by atoms with Gasteiger partial charge < -0.3 is 9.67 Å². The monoisotopic (exact) mass is 598 g/mol. The van der Waals surface area contributed by atoms with E-state index in [-0.39, 0.29) is 10.7 Å². The Hall–Kier alpha value is -3.81. The molecule has 212 valence electrons. The summed E-state index contributed by atoms with van der Waals surface area (Å²) in [5.41, 5.74) is 4.21. The van der Waals surface area contributed by atoms with Gasteiger partial charge in [0.25, 0.3) is 0 Å². The Balaban J connectivity index is 1.35. The average molecular weight is 599 g/mol. The predicted molar refractivity (Wildman–Crippen MR) is 156 cm³/mol. The summed E-state index contributed by atoms with van der Waals surface area (Å²) in [6.45, 7) is 3.45. The van der Waals surface area contributed by atoms with Crippen LogP contribution in [0, 0.1) is 0 Å². The highest BCUT2D eigenvalue weighted by Gasteiger charge is 2.39. The van der Waals surface area contributed by atoms with Crippen LogP contribution in [0.5, 0.6) is 0 Å². The van der Waals surface area contributed by atoms with Gasteiger partial charge in [0.15, 0.2) is 5.71 Å². The number of para-hydroxylation sites is 1. The second-order valence-corrected chi connectivity index (χ2v) is 11.6. The molecule has 4 heterocycles. The number of hydrogen-bond donors (Lipinski definition) is 2. The second-order valence-electron chi connectivity index (χ2n) is 9.73. The van der Waals surface area contributed by atoms with Crippen molar-refractivity contribution in [3.05, 3.63) is 65.3 Å². The van der Waals surface area contributed by atoms with Gasteiger partial charge in [-0.05, 0) is 56.6 Å². The number of fused-ring (bicyclic) bond motifs is 2. The highest BCUT2D eigenvalue weighted by atomic mass is 32.1. The molecule has 0 saturated carbocycles. The number of anilines is 1. The highest BCUT2D eigenvalue weighted by Crippen LogP contribution is 2.34. The van der Waals surface area contributed by atoms with Gasteiger partial charge in [-0.2, -0.15) is 18.3 Å². The number of nitrogens with one attached hydrogen (secondary N) is 1. The molecule has 3 aromatic heterocycles. The average Bonchev–Trinajstić information content (AvgIpc) is 3.73. The summed E-state index contributed by atoms with van der Waals surface area (Å²) >= 11 is 2.61. The third kappa shape index (κ3) is 5.44.